The Bertz CT molecular complexity index is 388. The van der Waals surface area contributed by atoms with Crippen LogP contribution in [0.3, 0.4) is 0 Å². The number of rotatable bonds is 1. The van der Waals surface area contributed by atoms with E-state index in [1.807, 2.05) is 6.92 Å². The van der Waals surface area contributed by atoms with Crippen LogP contribution in [0.15, 0.2) is 12.4 Å². The summed E-state index contributed by atoms with van der Waals surface area (Å²) in [5, 5.41) is 13.7. The van der Waals surface area contributed by atoms with Crippen molar-refractivity contribution in [1.82, 2.24) is 14.7 Å². The van der Waals surface area contributed by atoms with Gasteiger partial charge in [0, 0.05) is 26.3 Å². The quantitative estimate of drug-likeness (QED) is 0.743. The molecule has 5 nitrogen and oxygen atoms in total. The molecule has 2 atom stereocenters. The molecule has 1 aromatic rings. The Morgan fingerprint density at radius 2 is 2.38 bits per heavy atom. The van der Waals surface area contributed by atoms with Crippen LogP contribution in [0.1, 0.15) is 23.7 Å². The zero-order valence-corrected chi connectivity index (χ0v) is 9.63. The maximum atomic E-state index is 12.0. The molecule has 0 aromatic carbocycles. The number of likely N-dealkylation sites (tertiary alicyclic amines) is 1. The number of amides is 1. The molecule has 2 rings (SSSR count). The zero-order chi connectivity index (χ0) is 11.7. The SMILES string of the molecule is CC1CCN(C(=O)c2cnn(C)c2)CC1O. The summed E-state index contributed by atoms with van der Waals surface area (Å²) in [6.45, 7) is 3.15. The number of nitrogens with zero attached hydrogens (tertiary/aromatic N) is 3. The first kappa shape index (κ1) is 11.1. The summed E-state index contributed by atoms with van der Waals surface area (Å²) in [6, 6.07) is 0. The topological polar surface area (TPSA) is 58.4 Å². The van der Waals surface area contributed by atoms with Crippen molar-refractivity contribution in [3.63, 3.8) is 0 Å². The minimum atomic E-state index is -0.408. The van der Waals surface area contributed by atoms with Gasteiger partial charge in [-0.15, -0.1) is 0 Å². The molecule has 88 valence electrons. The van der Waals surface area contributed by atoms with Gasteiger partial charge >= 0.3 is 0 Å². The van der Waals surface area contributed by atoms with E-state index in [2.05, 4.69) is 5.10 Å². The summed E-state index contributed by atoms with van der Waals surface area (Å²) in [5.41, 5.74) is 0.587. The monoisotopic (exact) mass is 223 g/mol. The number of β-amino-alcohol motifs (C(OH)–C–C–N with tert-alkyl or cyclic N) is 1. The lowest BCUT2D eigenvalue weighted by Gasteiger charge is -2.34. The van der Waals surface area contributed by atoms with Crippen LogP contribution in [0, 0.1) is 5.92 Å². The van der Waals surface area contributed by atoms with E-state index in [1.54, 1.807) is 29.0 Å². The Morgan fingerprint density at radius 1 is 1.62 bits per heavy atom. The first-order valence-electron chi connectivity index (χ1n) is 5.54. The van der Waals surface area contributed by atoms with Gasteiger partial charge in [0.25, 0.3) is 5.91 Å². The Labute approximate surface area is 94.7 Å². The molecular formula is C11H17N3O2. The molecule has 2 unspecified atom stereocenters. The number of carbonyl (C=O) groups excluding carboxylic acids is 1. The van der Waals surface area contributed by atoms with Gasteiger partial charge < -0.3 is 10.0 Å². The highest BCUT2D eigenvalue weighted by molar-refractivity contribution is 5.93. The van der Waals surface area contributed by atoms with Crippen LogP contribution in [0.25, 0.3) is 0 Å². The molecule has 0 saturated carbocycles. The number of piperidine rings is 1. The van der Waals surface area contributed by atoms with Crippen LogP contribution >= 0.6 is 0 Å². The first-order valence-corrected chi connectivity index (χ1v) is 5.54. The van der Waals surface area contributed by atoms with E-state index in [9.17, 15) is 9.90 Å². The molecule has 1 aliphatic heterocycles. The minimum absolute atomic E-state index is 0.0425. The molecule has 1 aliphatic rings. The predicted octanol–water partition coefficient (Wildman–Crippen LogP) is 0.263. The van der Waals surface area contributed by atoms with Crippen LogP contribution in [-0.4, -0.2) is 44.9 Å². The number of aryl methyl sites for hydroxylation is 1. The van der Waals surface area contributed by atoms with E-state index in [4.69, 9.17) is 0 Å². The van der Waals surface area contributed by atoms with Gasteiger partial charge in [-0.2, -0.15) is 5.10 Å². The fourth-order valence-corrected chi connectivity index (χ4v) is 1.95. The highest BCUT2D eigenvalue weighted by Crippen LogP contribution is 2.18. The number of aliphatic hydroxyl groups is 1. The number of hydrogen-bond acceptors (Lipinski definition) is 3. The van der Waals surface area contributed by atoms with Gasteiger partial charge in [-0.05, 0) is 12.3 Å². The molecule has 1 amide bonds. The highest BCUT2D eigenvalue weighted by atomic mass is 16.3. The summed E-state index contributed by atoms with van der Waals surface area (Å²) in [6.07, 6.45) is 3.71. The first-order chi connectivity index (χ1) is 7.58. The van der Waals surface area contributed by atoms with E-state index in [-0.39, 0.29) is 11.8 Å². The maximum absolute atomic E-state index is 12.0. The summed E-state index contributed by atoms with van der Waals surface area (Å²) in [7, 11) is 1.78. The molecule has 5 heteroatoms. The fourth-order valence-electron chi connectivity index (χ4n) is 1.95. The molecule has 1 fully saturated rings. The van der Waals surface area contributed by atoms with E-state index in [0.717, 1.165) is 6.42 Å². The van der Waals surface area contributed by atoms with Crippen molar-refractivity contribution in [1.29, 1.82) is 0 Å². The summed E-state index contributed by atoms with van der Waals surface area (Å²) in [5.74, 6) is 0.233. The highest BCUT2D eigenvalue weighted by Gasteiger charge is 2.28. The Morgan fingerprint density at radius 3 is 2.94 bits per heavy atom. The third kappa shape index (κ3) is 2.09. The molecule has 1 N–H and O–H groups in total. The van der Waals surface area contributed by atoms with Gasteiger partial charge in [-0.1, -0.05) is 6.92 Å². The zero-order valence-electron chi connectivity index (χ0n) is 9.63. The number of carbonyl (C=O) groups is 1. The third-order valence-corrected chi connectivity index (χ3v) is 3.16. The molecule has 1 saturated heterocycles. The number of aromatic nitrogens is 2. The second kappa shape index (κ2) is 4.25. The standard InChI is InChI=1S/C11H17N3O2/c1-8-3-4-14(7-10(8)15)11(16)9-5-12-13(2)6-9/h5-6,8,10,15H,3-4,7H2,1-2H3. The van der Waals surface area contributed by atoms with Crippen molar-refractivity contribution in [3.8, 4) is 0 Å². The van der Waals surface area contributed by atoms with Crippen molar-refractivity contribution in [2.24, 2.45) is 13.0 Å². The third-order valence-electron chi connectivity index (χ3n) is 3.16. The second-order valence-corrected chi connectivity index (χ2v) is 4.49. The van der Waals surface area contributed by atoms with E-state index in [0.29, 0.717) is 18.7 Å². The largest absolute Gasteiger partial charge is 0.391 e. The summed E-state index contributed by atoms with van der Waals surface area (Å²) < 4.78 is 1.61. The van der Waals surface area contributed by atoms with Crippen LogP contribution < -0.4 is 0 Å². The molecule has 1 aromatic heterocycles. The van der Waals surface area contributed by atoms with E-state index < -0.39 is 6.10 Å². The molecule has 0 spiro atoms. The van der Waals surface area contributed by atoms with Crippen molar-refractivity contribution < 1.29 is 9.90 Å². The Hall–Kier alpha value is -1.36. The molecule has 0 bridgehead atoms. The average Bonchev–Trinajstić information content (AvgIpc) is 2.68. The smallest absolute Gasteiger partial charge is 0.257 e. The van der Waals surface area contributed by atoms with E-state index in [1.165, 1.54) is 0 Å². The number of aliphatic hydroxyl groups excluding tert-OH is 1. The van der Waals surface area contributed by atoms with Gasteiger partial charge in [-0.25, -0.2) is 0 Å². The van der Waals surface area contributed by atoms with Crippen LogP contribution in [0.5, 0.6) is 0 Å². The van der Waals surface area contributed by atoms with Gasteiger partial charge in [-0.3, -0.25) is 9.48 Å². The molecule has 2 heterocycles. The van der Waals surface area contributed by atoms with Crippen LogP contribution in [0.2, 0.25) is 0 Å². The van der Waals surface area contributed by atoms with Crippen molar-refractivity contribution in [3.05, 3.63) is 18.0 Å². The van der Waals surface area contributed by atoms with Gasteiger partial charge in [0.05, 0.1) is 17.9 Å². The Balaban J connectivity index is 2.06. The second-order valence-electron chi connectivity index (χ2n) is 4.49. The lowest BCUT2D eigenvalue weighted by molar-refractivity contribution is 0.0248. The predicted molar refractivity (Wildman–Crippen MR) is 58.9 cm³/mol. The maximum Gasteiger partial charge on any atom is 0.257 e. The fraction of sp³-hybridized carbons (Fsp3) is 0.636. The minimum Gasteiger partial charge on any atom is -0.391 e. The average molecular weight is 223 g/mol. The van der Waals surface area contributed by atoms with Crippen molar-refractivity contribution in [2.75, 3.05) is 13.1 Å². The summed E-state index contributed by atoms with van der Waals surface area (Å²) in [4.78, 5) is 13.7. The summed E-state index contributed by atoms with van der Waals surface area (Å²) >= 11 is 0. The van der Waals surface area contributed by atoms with E-state index >= 15 is 0 Å². The molecule has 0 radical (unpaired) electrons. The molecule has 0 aliphatic carbocycles. The van der Waals surface area contributed by atoms with Gasteiger partial charge in [0.15, 0.2) is 0 Å². The van der Waals surface area contributed by atoms with Gasteiger partial charge in [0.1, 0.15) is 0 Å². The lowest BCUT2D eigenvalue weighted by atomic mass is 9.96. The van der Waals surface area contributed by atoms with Crippen LogP contribution in [0.4, 0.5) is 0 Å². The van der Waals surface area contributed by atoms with Crippen LogP contribution in [-0.2, 0) is 7.05 Å². The normalized spacial score (nSPS) is 25.8. The van der Waals surface area contributed by atoms with Crippen molar-refractivity contribution in [2.45, 2.75) is 19.4 Å². The van der Waals surface area contributed by atoms with Gasteiger partial charge in [0.2, 0.25) is 0 Å². The van der Waals surface area contributed by atoms with Crippen molar-refractivity contribution >= 4 is 5.91 Å². The number of hydrogen-bond donors (Lipinski definition) is 1. The molecular weight excluding hydrogens is 206 g/mol. The molecule has 16 heavy (non-hydrogen) atoms. The Kier molecular flexibility index (Phi) is 2.96. The lowest BCUT2D eigenvalue weighted by Crippen LogP contribution is -2.45.